The van der Waals surface area contributed by atoms with Crippen LogP contribution in [0.1, 0.15) is 21.5 Å². The molecule has 1 atom stereocenters. The molecule has 4 nitrogen and oxygen atoms in total. The van der Waals surface area contributed by atoms with Gasteiger partial charge in [-0.25, -0.2) is 4.39 Å². The van der Waals surface area contributed by atoms with E-state index in [9.17, 15) is 14.3 Å². The first-order valence-corrected chi connectivity index (χ1v) is 6.53. The number of hydrogen-bond donors (Lipinski definition) is 1. The summed E-state index contributed by atoms with van der Waals surface area (Å²) in [6, 6.07) is 9.88. The second-order valence-electron chi connectivity index (χ2n) is 4.65. The van der Waals surface area contributed by atoms with Crippen LogP contribution in [0.3, 0.4) is 0 Å². The Morgan fingerprint density at radius 2 is 2.05 bits per heavy atom. The van der Waals surface area contributed by atoms with Gasteiger partial charge in [-0.1, -0.05) is 23.7 Å². The number of carbonyl (C=O) groups is 1. The largest absolute Gasteiger partial charge is 0.361 e. The fraction of sp³-hybridized carbons (Fsp3) is 0.133. The van der Waals surface area contributed by atoms with Crippen molar-refractivity contribution in [2.45, 2.75) is 5.72 Å². The minimum Gasteiger partial charge on any atom is -0.361 e. The molecular formula is C15H11ClFNO3. The van der Waals surface area contributed by atoms with Gasteiger partial charge in [-0.15, -0.1) is 0 Å². The molecule has 1 unspecified atom stereocenters. The Balaban J connectivity index is 2.29. The molecule has 3 rings (SSSR count). The lowest BCUT2D eigenvalue weighted by Crippen LogP contribution is -2.44. The van der Waals surface area contributed by atoms with Gasteiger partial charge in [-0.05, 0) is 30.3 Å². The summed E-state index contributed by atoms with van der Waals surface area (Å²) in [6.45, 7) is 0. The molecule has 0 aliphatic carbocycles. The van der Waals surface area contributed by atoms with Crippen molar-refractivity contribution in [3.8, 4) is 0 Å². The van der Waals surface area contributed by atoms with Gasteiger partial charge in [0.1, 0.15) is 5.82 Å². The number of rotatable bonds is 2. The quantitative estimate of drug-likeness (QED) is 0.928. The summed E-state index contributed by atoms with van der Waals surface area (Å²) in [7, 11) is 1.26. The molecule has 1 aliphatic heterocycles. The third-order valence-electron chi connectivity index (χ3n) is 3.48. The molecule has 21 heavy (non-hydrogen) atoms. The summed E-state index contributed by atoms with van der Waals surface area (Å²) in [5, 5.41) is 12.2. The molecule has 0 radical (unpaired) electrons. The number of aliphatic hydroxyl groups is 1. The van der Waals surface area contributed by atoms with Gasteiger partial charge in [0.15, 0.2) is 0 Å². The van der Waals surface area contributed by atoms with E-state index >= 15 is 0 Å². The SMILES string of the molecule is CON1C(=O)c2ccc(Cl)cc2C1(O)c1cccc(F)c1. The Morgan fingerprint density at radius 3 is 2.71 bits per heavy atom. The zero-order valence-electron chi connectivity index (χ0n) is 11.0. The van der Waals surface area contributed by atoms with Crippen LogP contribution in [-0.4, -0.2) is 23.2 Å². The first-order chi connectivity index (χ1) is 9.98. The minimum absolute atomic E-state index is 0.179. The maximum absolute atomic E-state index is 13.5. The lowest BCUT2D eigenvalue weighted by molar-refractivity contribution is -0.223. The molecule has 1 amide bonds. The minimum atomic E-state index is -1.92. The summed E-state index contributed by atoms with van der Waals surface area (Å²) in [6.07, 6.45) is 0. The van der Waals surface area contributed by atoms with Crippen molar-refractivity contribution in [1.82, 2.24) is 5.06 Å². The van der Waals surface area contributed by atoms with Gasteiger partial charge in [0.25, 0.3) is 5.91 Å². The van der Waals surface area contributed by atoms with Gasteiger partial charge in [0.05, 0.1) is 12.7 Å². The topological polar surface area (TPSA) is 49.8 Å². The predicted octanol–water partition coefficient (Wildman–Crippen LogP) is 2.69. The number of halogens is 2. The molecule has 1 N–H and O–H groups in total. The fourth-order valence-electron chi connectivity index (χ4n) is 2.55. The van der Waals surface area contributed by atoms with E-state index in [1.54, 1.807) is 6.07 Å². The molecule has 1 heterocycles. The monoisotopic (exact) mass is 307 g/mol. The maximum Gasteiger partial charge on any atom is 0.281 e. The highest BCUT2D eigenvalue weighted by atomic mass is 35.5. The van der Waals surface area contributed by atoms with Crippen molar-refractivity contribution in [2.75, 3.05) is 7.11 Å². The molecule has 2 aromatic carbocycles. The molecule has 0 saturated carbocycles. The third kappa shape index (κ3) is 1.93. The van der Waals surface area contributed by atoms with Gasteiger partial charge >= 0.3 is 0 Å². The van der Waals surface area contributed by atoms with E-state index in [0.717, 1.165) is 11.1 Å². The van der Waals surface area contributed by atoms with Gasteiger partial charge < -0.3 is 5.11 Å². The van der Waals surface area contributed by atoms with Crippen molar-refractivity contribution in [3.63, 3.8) is 0 Å². The second-order valence-corrected chi connectivity index (χ2v) is 5.09. The average Bonchev–Trinajstić information content (AvgIpc) is 2.68. The smallest absolute Gasteiger partial charge is 0.281 e. The molecule has 0 fully saturated rings. The second kappa shape index (κ2) is 4.80. The molecular weight excluding hydrogens is 297 g/mol. The van der Waals surface area contributed by atoms with E-state index in [1.165, 1.54) is 37.4 Å². The van der Waals surface area contributed by atoms with Crippen LogP contribution in [0.4, 0.5) is 4.39 Å². The van der Waals surface area contributed by atoms with Crippen molar-refractivity contribution in [3.05, 3.63) is 70.0 Å². The van der Waals surface area contributed by atoms with Crippen LogP contribution in [0.5, 0.6) is 0 Å². The highest BCUT2D eigenvalue weighted by Gasteiger charge is 2.51. The highest BCUT2D eigenvalue weighted by molar-refractivity contribution is 6.30. The van der Waals surface area contributed by atoms with E-state index in [1.807, 2.05) is 0 Å². The Kier molecular flexibility index (Phi) is 3.20. The predicted molar refractivity (Wildman–Crippen MR) is 74.0 cm³/mol. The van der Waals surface area contributed by atoms with Gasteiger partial charge in [0, 0.05) is 16.1 Å². The number of carbonyl (C=O) groups excluding carboxylic acids is 1. The van der Waals surface area contributed by atoms with Crippen LogP contribution in [0.15, 0.2) is 42.5 Å². The number of benzene rings is 2. The standard InChI is InChI=1S/C15H11ClFNO3/c1-21-18-14(19)12-6-5-10(16)8-13(12)15(18,20)9-3-2-4-11(17)7-9/h2-8,20H,1H3. The number of fused-ring (bicyclic) bond motifs is 1. The van der Waals surface area contributed by atoms with Crippen LogP contribution in [0.25, 0.3) is 0 Å². The first kappa shape index (κ1) is 14.0. The highest BCUT2D eigenvalue weighted by Crippen LogP contribution is 2.43. The summed E-state index contributed by atoms with van der Waals surface area (Å²) < 4.78 is 13.5. The number of hydroxylamine groups is 2. The summed E-state index contributed by atoms with van der Waals surface area (Å²) in [5.41, 5.74) is -1.23. The van der Waals surface area contributed by atoms with E-state index in [2.05, 4.69) is 0 Å². The summed E-state index contributed by atoms with van der Waals surface area (Å²) in [5.74, 6) is -1.05. The van der Waals surface area contributed by atoms with E-state index in [0.29, 0.717) is 5.02 Å². The summed E-state index contributed by atoms with van der Waals surface area (Å²) in [4.78, 5) is 17.3. The van der Waals surface area contributed by atoms with Gasteiger partial charge in [0.2, 0.25) is 5.72 Å². The number of amides is 1. The van der Waals surface area contributed by atoms with Crippen LogP contribution in [0.2, 0.25) is 5.02 Å². The Bertz CT molecular complexity index is 737. The number of hydrogen-bond acceptors (Lipinski definition) is 3. The average molecular weight is 308 g/mol. The van der Waals surface area contributed by atoms with Crippen LogP contribution in [-0.2, 0) is 10.6 Å². The molecule has 0 bridgehead atoms. The Labute approximate surface area is 125 Å². The van der Waals surface area contributed by atoms with Crippen LogP contribution < -0.4 is 0 Å². The molecule has 2 aromatic rings. The van der Waals surface area contributed by atoms with Crippen molar-refractivity contribution in [2.24, 2.45) is 0 Å². The van der Waals surface area contributed by atoms with Crippen LogP contribution >= 0.6 is 11.6 Å². The van der Waals surface area contributed by atoms with Crippen molar-refractivity contribution >= 4 is 17.5 Å². The van der Waals surface area contributed by atoms with Gasteiger partial charge in [-0.2, -0.15) is 5.06 Å². The molecule has 6 heteroatoms. The molecule has 0 saturated heterocycles. The number of nitrogens with zero attached hydrogens (tertiary/aromatic N) is 1. The fourth-order valence-corrected chi connectivity index (χ4v) is 2.72. The zero-order valence-corrected chi connectivity index (χ0v) is 11.8. The lowest BCUT2D eigenvalue weighted by Gasteiger charge is -2.32. The molecule has 0 spiro atoms. The lowest BCUT2D eigenvalue weighted by atomic mass is 9.94. The van der Waals surface area contributed by atoms with E-state index in [4.69, 9.17) is 16.4 Å². The van der Waals surface area contributed by atoms with Crippen LogP contribution in [0, 0.1) is 5.82 Å². The zero-order chi connectivity index (χ0) is 15.2. The summed E-state index contributed by atoms with van der Waals surface area (Å²) >= 11 is 5.95. The molecule has 108 valence electrons. The van der Waals surface area contributed by atoms with Gasteiger partial charge in [-0.3, -0.25) is 9.63 Å². The maximum atomic E-state index is 13.5. The van der Waals surface area contributed by atoms with E-state index < -0.39 is 17.4 Å². The third-order valence-corrected chi connectivity index (χ3v) is 3.71. The molecule has 1 aliphatic rings. The first-order valence-electron chi connectivity index (χ1n) is 6.15. The van der Waals surface area contributed by atoms with E-state index in [-0.39, 0.29) is 16.7 Å². The normalized spacial score (nSPS) is 20.8. The van der Waals surface area contributed by atoms with Crippen molar-refractivity contribution in [1.29, 1.82) is 0 Å². The Hall–Kier alpha value is -1.95. The Morgan fingerprint density at radius 1 is 1.29 bits per heavy atom. The van der Waals surface area contributed by atoms with Crippen molar-refractivity contribution < 1.29 is 19.1 Å². The molecule has 0 aromatic heterocycles.